The maximum absolute atomic E-state index is 4.37. The lowest BCUT2D eigenvalue weighted by atomic mass is 9.99. The van der Waals surface area contributed by atoms with Crippen LogP contribution in [0.25, 0.3) is 0 Å². The number of aromatic nitrogens is 2. The van der Waals surface area contributed by atoms with E-state index < -0.39 is 0 Å². The van der Waals surface area contributed by atoms with E-state index in [0.717, 1.165) is 24.9 Å². The van der Waals surface area contributed by atoms with Crippen LogP contribution in [0.15, 0.2) is 12.4 Å². The van der Waals surface area contributed by atoms with E-state index in [0.29, 0.717) is 0 Å². The fourth-order valence-corrected chi connectivity index (χ4v) is 3.82. The van der Waals surface area contributed by atoms with Crippen molar-refractivity contribution >= 4 is 11.8 Å². The van der Waals surface area contributed by atoms with E-state index in [4.69, 9.17) is 0 Å². The average Bonchev–Trinajstić information content (AvgIpc) is 2.97. The van der Waals surface area contributed by atoms with Gasteiger partial charge in [0.05, 0.1) is 0 Å². The van der Waals surface area contributed by atoms with Crippen LogP contribution in [0.2, 0.25) is 0 Å². The molecule has 0 unspecified atom stereocenters. The van der Waals surface area contributed by atoms with E-state index in [1.807, 2.05) is 6.20 Å². The normalized spacial score (nSPS) is 29.2. The second kappa shape index (κ2) is 4.80. The van der Waals surface area contributed by atoms with Crippen LogP contribution in [-0.2, 0) is 13.0 Å². The first-order valence-electron chi connectivity index (χ1n) is 6.23. The van der Waals surface area contributed by atoms with Crippen LogP contribution in [0.3, 0.4) is 0 Å². The Labute approximate surface area is 101 Å². The summed E-state index contributed by atoms with van der Waals surface area (Å²) in [5.41, 5.74) is 0. The predicted octanol–water partition coefficient (Wildman–Crippen LogP) is 1.54. The van der Waals surface area contributed by atoms with Gasteiger partial charge in [0.2, 0.25) is 0 Å². The molecule has 0 saturated carbocycles. The Morgan fingerprint density at radius 2 is 2.50 bits per heavy atom. The summed E-state index contributed by atoms with van der Waals surface area (Å²) >= 11 is 2.08. The van der Waals surface area contributed by atoms with Gasteiger partial charge in [0.25, 0.3) is 0 Å². The van der Waals surface area contributed by atoms with Crippen molar-refractivity contribution in [3.63, 3.8) is 0 Å². The minimum atomic E-state index is 0.772. The van der Waals surface area contributed by atoms with Crippen molar-refractivity contribution in [2.45, 2.75) is 31.8 Å². The van der Waals surface area contributed by atoms with Gasteiger partial charge in [0.15, 0.2) is 0 Å². The van der Waals surface area contributed by atoms with Gasteiger partial charge < -0.3 is 9.88 Å². The molecule has 88 valence electrons. The largest absolute Gasteiger partial charge is 0.335 e. The van der Waals surface area contributed by atoms with Gasteiger partial charge in [-0.1, -0.05) is 0 Å². The molecule has 2 aliphatic heterocycles. The quantitative estimate of drug-likeness (QED) is 0.865. The third-order valence-electron chi connectivity index (χ3n) is 3.66. The molecule has 0 amide bonds. The van der Waals surface area contributed by atoms with Crippen LogP contribution < -0.4 is 5.32 Å². The van der Waals surface area contributed by atoms with Gasteiger partial charge in [0.1, 0.15) is 5.82 Å². The zero-order valence-corrected chi connectivity index (χ0v) is 10.4. The average molecular weight is 237 g/mol. The summed E-state index contributed by atoms with van der Waals surface area (Å²) in [5, 5.41) is 3.72. The zero-order valence-electron chi connectivity index (χ0n) is 9.56. The Bertz CT molecular complexity index is 344. The molecule has 0 bridgehead atoms. The number of hydrogen-bond donors (Lipinski definition) is 1. The Morgan fingerprint density at radius 3 is 3.38 bits per heavy atom. The summed E-state index contributed by atoms with van der Waals surface area (Å²) in [7, 11) is 0. The molecule has 1 N–H and O–H groups in total. The number of nitrogens with zero attached hydrogens (tertiary/aromatic N) is 2. The minimum Gasteiger partial charge on any atom is -0.335 e. The molecule has 1 aromatic heterocycles. The Balaban J connectivity index is 1.50. The Kier molecular flexibility index (Phi) is 3.20. The van der Waals surface area contributed by atoms with Crippen LogP contribution in [0.5, 0.6) is 0 Å². The highest BCUT2D eigenvalue weighted by molar-refractivity contribution is 7.99. The third kappa shape index (κ3) is 2.28. The van der Waals surface area contributed by atoms with Gasteiger partial charge in [-0.2, -0.15) is 11.8 Å². The lowest BCUT2D eigenvalue weighted by Gasteiger charge is -2.25. The molecule has 2 atom stereocenters. The molecule has 1 saturated heterocycles. The van der Waals surface area contributed by atoms with Crippen molar-refractivity contribution in [3.05, 3.63) is 18.2 Å². The number of rotatable bonds is 3. The monoisotopic (exact) mass is 237 g/mol. The minimum absolute atomic E-state index is 0.772. The van der Waals surface area contributed by atoms with Crippen molar-refractivity contribution in [1.82, 2.24) is 14.9 Å². The van der Waals surface area contributed by atoms with E-state index in [9.17, 15) is 0 Å². The van der Waals surface area contributed by atoms with Crippen LogP contribution in [0, 0.1) is 5.92 Å². The van der Waals surface area contributed by atoms with Crippen molar-refractivity contribution < 1.29 is 0 Å². The molecule has 0 aromatic carbocycles. The van der Waals surface area contributed by atoms with Gasteiger partial charge in [0, 0.05) is 37.2 Å². The van der Waals surface area contributed by atoms with Crippen molar-refractivity contribution in [2.75, 3.05) is 18.1 Å². The molecule has 3 rings (SSSR count). The molecule has 0 spiro atoms. The molecule has 1 fully saturated rings. The van der Waals surface area contributed by atoms with Crippen molar-refractivity contribution in [1.29, 1.82) is 0 Å². The van der Waals surface area contributed by atoms with E-state index in [1.165, 1.54) is 36.7 Å². The highest BCUT2D eigenvalue weighted by Crippen LogP contribution is 2.20. The van der Waals surface area contributed by atoms with E-state index >= 15 is 0 Å². The zero-order chi connectivity index (χ0) is 10.8. The first-order chi connectivity index (χ1) is 7.92. The molecule has 16 heavy (non-hydrogen) atoms. The second-order valence-corrected chi connectivity index (χ2v) is 6.02. The summed E-state index contributed by atoms with van der Waals surface area (Å²) in [5.74, 6) is 4.72. The molecule has 3 nitrogen and oxygen atoms in total. The molecule has 0 radical (unpaired) electrons. The highest BCUT2D eigenvalue weighted by atomic mass is 32.2. The molecule has 4 heteroatoms. The Morgan fingerprint density at radius 1 is 1.50 bits per heavy atom. The lowest BCUT2D eigenvalue weighted by molar-refractivity contribution is 0.336. The Hall–Kier alpha value is -0.480. The molecule has 2 aliphatic rings. The number of nitrogens with one attached hydrogen (secondary N) is 1. The fourth-order valence-electron chi connectivity index (χ4n) is 2.63. The molecule has 0 aliphatic carbocycles. The van der Waals surface area contributed by atoms with Crippen molar-refractivity contribution in [2.24, 2.45) is 5.92 Å². The molecule has 3 heterocycles. The number of hydrogen-bond acceptors (Lipinski definition) is 3. The number of aryl methyl sites for hydroxylation is 1. The summed E-state index contributed by atoms with van der Waals surface area (Å²) in [6.07, 6.45) is 7.85. The van der Waals surface area contributed by atoms with E-state index in [1.54, 1.807) is 0 Å². The molecule has 1 aromatic rings. The smallest absolute Gasteiger partial charge is 0.108 e. The number of thioether (sulfide) groups is 1. The second-order valence-electron chi connectivity index (χ2n) is 4.87. The van der Waals surface area contributed by atoms with Gasteiger partial charge in [-0.15, -0.1) is 0 Å². The van der Waals surface area contributed by atoms with Crippen LogP contribution in [-0.4, -0.2) is 33.6 Å². The first-order valence-corrected chi connectivity index (χ1v) is 7.38. The van der Waals surface area contributed by atoms with E-state index in [2.05, 4.69) is 32.8 Å². The molecular formula is C12H19N3S. The maximum atomic E-state index is 4.37. The summed E-state index contributed by atoms with van der Waals surface area (Å²) in [6.45, 7) is 2.34. The van der Waals surface area contributed by atoms with Crippen LogP contribution in [0.1, 0.15) is 18.7 Å². The number of fused-ring (bicyclic) bond motifs is 1. The summed E-state index contributed by atoms with van der Waals surface area (Å²) in [4.78, 5) is 4.37. The van der Waals surface area contributed by atoms with Crippen LogP contribution in [0.4, 0.5) is 0 Å². The predicted molar refractivity (Wildman–Crippen MR) is 67.8 cm³/mol. The standard InChI is InChI=1S/C12H19N3S/c1-2-12-13-4-5-15(12)8-10(1)7-14-11-3-6-16-9-11/h4-5,10-11,14H,1-3,6-9H2/t10-,11+/m0/s1. The summed E-state index contributed by atoms with van der Waals surface area (Å²) < 4.78 is 2.32. The highest BCUT2D eigenvalue weighted by Gasteiger charge is 2.21. The molecular weight excluding hydrogens is 218 g/mol. The lowest BCUT2D eigenvalue weighted by Crippen LogP contribution is -2.36. The third-order valence-corrected chi connectivity index (χ3v) is 4.82. The van der Waals surface area contributed by atoms with Gasteiger partial charge in [-0.05, 0) is 31.1 Å². The SMILES string of the molecule is c1cn2c(n1)CC[C@@H](CN[C@@H]1CCSC1)C2. The fraction of sp³-hybridized carbons (Fsp3) is 0.750. The van der Waals surface area contributed by atoms with Crippen LogP contribution >= 0.6 is 11.8 Å². The van der Waals surface area contributed by atoms with Gasteiger partial charge >= 0.3 is 0 Å². The van der Waals surface area contributed by atoms with Gasteiger partial charge in [-0.3, -0.25) is 0 Å². The number of imidazole rings is 1. The summed E-state index contributed by atoms with van der Waals surface area (Å²) in [6, 6.07) is 0.772. The maximum Gasteiger partial charge on any atom is 0.108 e. The van der Waals surface area contributed by atoms with Gasteiger partial charge in [-0.25, -0.2) is 4.98 Å². The topological polar surface area (TPSA) is 29.9 Å². The van der Waals surface area contributed by atoms with Crippen molar-refractivity contribution in [3.8, 4) is 0 Å². The van der Waals surface area contributed by atoms with E-state index in [-0.39, 0.29) is 0 Å². The first kappa shape index (κ1) is 10.7.